The molecule has 0 aliphatic heterocycles. The first-order valence-electron chi connectivity index (χ1n) is 5.62. The molecule has 1 fully saturated rings. The van der Waals surface area contributed by atoms with E-state index in [0.29, 0.717) is 17.6 Å². The van der Waals surface area contributed by atoms with Gasteiger partial charge in [-0.15, -0.1) is 0 Å². The monoisotopic (exact) mass is 251 g/mol. The Kier molecular flexibility index (Phi) is 2.54. The summed E-state index contributed by atoms with van der Waals surface area (Å²) in [5.74, 6) is 2.77. The second-order valence-electron chi connectivity index (χ2n) is 4.27. The van der Waals surface area contributed by atoms with E-state index in [1.165, 1.54) is 24.4 Å². The van der Waals surface area contributed by atoms with Crippen LogP contribution in [0.2, 0.25) is 0 Å². The van der Waals surface area contributed by atoms with Crippen molar-refractivity contribution in [1.29, 1.82) is 0 Å². The second kappa shape index (κ2) is 4.06. The summed E-state index contributed by atoms with van der Waals surface area (Å²) in [5, 5.41) is 7.93. The number of rotatable bonds is 4. The molecule has 90 valence electrons. The molecule has 0 saturated heterocycles. The summed E-state index contributed by atoms with van der Waals surface area (Å²) in [7, 11) is 0. The highest BCUT2D eigenvalue weighted by Crippen LogP contribution is 2.39. The molecule has 2 heterocycles. The Labute approximate surface area is 103 Å². The molecular formula is C10H13N5OS. The lowest BCUT2D eigenvalue weighted by atomic mass is 10.3. The van der Waals surface area contributed by atoms with Gasteiger partial charge in [-0.1, -0.05) is 5.16 Å². The third-order valence-electron chi connectivity index (χ3n) is 2.65. The number of nitrogens with one attached hydrogen (secondary N) is 1. The minimum Gasteiger partial charge on any atom is -0.350 e. The van der Waals surface area contributed by atoms with Crippen LogP contribution in [-0.4, -0.2) is 19.5 Å². The molecule has 0 radical (unpaired) electrons. The fourth-order valence-corrected chi connectivity index (χ4v) is 2.28. The van der Waals surface area contributed by atoms with Gasteiger partial charge in [0, 0.05) is 24.4 Å². The molecule has 1 atom stereocenters. The molecule has 17 heavy (non-hydrogen) atoms. The van der Waals surface area contributed by atoms with Crippen molar-refractivity contribution in [1.82, 2.24) is 19.5 Å². The third kappa shape index (κ3) is 2.28. The highest BCUT2D eigenvalue weighted by Gasteiger charge is 2.28. The Balaban J connectivity index is 1.68. The topological polar surface area (TPSA) is 76.7 Å². The zero-order valence-corrected chi connectivity index (χ0v) is 10.5. The summed E-state index contributed by atoms with van der Waals surface area (Å²) < 4.78 is 9.28. The lowest BCUT2D eigenvalue weighted by molar-refractivity contribution is 0.385. The molecule has 3 rings (SSSR count). The molecule has 6 nitrogen and oxygen atoms in total. The quantitative estimate of drug-likeness (QED) is 0.898. The van der Waals surface area contributed by atoms with Gasteiger partial charge < -0.3 is 9.84 Å². The average Bonchev–Trinajstić information content (AvgIpc) is 2.90. The lowest BCUT2D eigenvalue weighted by Gasteiger charge is -2.06. The van der Waals surface area contributed by atoms with Gasteiger partial charge in [0.05, 0.1) is 6.04 Å². The molecule has 2 aromatic rings. The fourth-order valence-electron chi connectivity index (χ4n) is 1.54. The van der Waals surface area contributed by atoms with E-state index in [1.54, 1.807) is 6.92 Å². The van der Waals surface area contributed by atoms with Crippen molar-refractivity contribution < 1.29 is 4.52 Å². The van der Waals surface area contributed by atoms with Crippen LogP contribution in [-0.2, 0) is 0 Å². The van der Waals surface area contributed by atoms with E-state index in [-0.39, 0.29) is 6.04 Å². The van der Waals surface area contributed by atoms with Crippen molar-refractivity contribution in [3.05, 3.63) is 17.5 Å². The van der Waals surface area contributed by atoms with Crippen LogP contribution in [0.3, 0.4) is 0 Å². The fraction of sp³-hybridized carbons (Fsp3) is 0.600. The summed E-state index contributed by atoms with van der Waals surface area (Å²) in [5.41, 5.74) is 0. The highest BCUT2D eigenvalue weighted by atomic mass is 32.1. The first-order valence-corrected chi connectivity index (χ1v) is 6.40. The van der Waals surface area contributed by atoms with Gasteiger partial charge >= 0.3 is 0 Å². The predicted molar refractivity (Wildman–Crippen MR) is 63.0 cm³/mol. The van der Waals surface area contributed by atoms with Gasteiger partial charge in [0.25, 0.3) is 0 Å². The predicted octanol–water partition coefficient (Wildman–Crippen LogP) is 2.28. The summed E-state index contributed by atoms with van der Waals surface area (Å²) in [6.07, 6.45) is 2.44. The van der Waals surface area contributed by atoms with E-state index in [1.807, 2.05) is 6.92 Å². The normalized spacial score (nSPS) is 17.1. The minimum absolute atomic E-state index is 0.0209. The zero-order chi connectivity index (χ0) is 11.8. The number of aromatic nitrogens is 4. The van der Waals surface area contributed by atoms with Crippen LogP contribution in [0.15, 0.2) is 4.52 Å². The summed E-state index contributed by atoms with van der Waals surface area (Å²) in [6, 6.07) is -0.0209. The lowest BCUT2D eigenvalue weighted by Crippen LogP contribution is -2.08. The van der Waals surface area contributed by atoms with Crippen molar-refractivity contribution >= 4 is 16.7 Å². The van der Waals surface area contributed by atoms with Crippen LogP contribution in [0.25, 0.3) is 0 Å². The van der Waals surface area contributed by atoms with Crippen LogP contribution in [0.1, 0.15) is 49.3 Å². The Morgan fingerprint density at radius 3 is 2.88 bits per heavy atom. The molecule has 1 saturated carbocycles. The molecule has 1 aliphatic rings. The number of nitrogens with zero attached hydrogens (tertiary/aromatic N) is 4. The molecule has 0 unspecified atom stereocenters. The minimum atomic E-state index is -0.0209. The number of anilines is 1. The highest BCUT2D eigenvalue weighted by molar-refractivity contribution is 7.09. The maximum absolute atomic E-state index is 4.94. The zero-order valence-electron chi connectivity index (χ0n) is 9.67. The van der Waals surface area contributed by atoms with E-state index in [4.69, 9.17) is 4.52 Å². The molecule has 0 amide bonds. The maximum atomic E-state index is 4.94. The van der Waals surface area contributed by atoms with E-state index in [2.05, 4.69) is 24.8 Å². The number of hydrogen-bond donors (Lipinski definition) is 1. The molecule has 0 spiro atoms. The average molecular weight is 251 g/mol. The summed E-state index contributed by atoms with van der Waals surface area (Å²) in [6.45, 7) is 3.75. The molecule has 1 aliphatic carbocycles. The Morgan fingerprint density at radius 1 is 1.41 bits per heavy atom. The Hall–Kier alpha value is -1.50. The van der Waals surface area contributed by atoms with E-state index < -0.39 is 0 Å². The molecule has 0 aromatic carbocycles. The van der Waals surface area contributed by atoms with Gasteiger partial charge in [0.2, 0.25) is 11.0 Å². The standard InChI is InChI=1S/C10H13N5OS/c1-5(8-12-6(2)16-14-8)11-10-13-9(15-17-10)7-3-4-7/h5,7H,3-4H2,1-2H3,(H,11,13,15)/t5-/m1/s1. The smallest absolute Gasteiger partial charge is 0.223 e. The van der Waals surface area contributed by atoms with Crippen molar-refractivity contribution in [3.8, 4) is 0 Å². The number of hydrogen-bond acceptors (Lipinski definition) is 7. The largest absolute Gasteiger partial charge is 0.350 e. The van der Waals surface area contributed by atoms with Gasteiger partial charge in [-0.05, 0) is 19.8 Å². The van der Waals surface area contributed by atoms with Gasteiger partial charge in [-0.3, -0.25) is 0 Å². The van der Waals surface area contributed by atoms with Gasteiger partial charge in [-0.2, -0.15) is 9.36 Å². The molecule has 2 aromatic heterocycles. The van der Waals surface area contributed by atoms with Crippen LogP contribution in [0.5, 0.6) is 0 Å². The summed E-state index contributed by atoms with van der Waals surface area (Å²) in [4.78, 5) is 8.63. The number of aryl methyl sites for hydroxylation is 1. The van der Waals surface area contributed by atoms with Crippen LogP contribution < -0.4 is 5.32 Å². The molecule has 0 bridgehead atoms. The van der Waals surface area contributed by atoms with Crippen molar-refractivity contribution in [3.63, 3.8) is 0 Å². The Morgan fingerprint density at radius 2 is 2.24 bits per heavy atom. The van der Waals surface area contributed by atoms with Crippen LogP contribution in [0.4, 0.5) is 5.13 Å². The Bertz CT molecular complexity index is 518. The van der Waals surface area contributed by atoms with Gasteiger partial charge in [0.15, 0.2) is 5.82 Å². The first-order chi connectivity index (χ1) is 8.22. The molecule has 7 heteroatoms. The summed E-state index contributed by atoms with van der Waals surface area (Å²) >= 11 is 1.39. The third-order valence-corrected chi connectivity index (χ3v) is 3.32. The maximum Gasteiger partial charge on any atom is 0.223 e. The van der Waals surface area contributed by atoms with Crippen molar-refractivity contribution in [2.75, 3.05) is 5.32 Å². The van der Waals surface area contributed by atoms with E-state index >= 15 is 0 Å². The van der Waals surface area contributed by atoms with Gasteiger partial charge in [0.1, 0.15) is 5.82 Å². The first kappa shape index (κ1) is 10.6. The van der Waals surface area contributed by atoms with Crippen molar-refractivity contribution in [2.45, 2.75) is 38.6 Å². The van der Waals surface area contributed by atoms with Crippen LogP contribution >= 0.6 is 11.5 Å². The molecular weight excluding hydrogens is 238 g/mol. The molecule has 1 N–H and O–H groups in total. The van der Waals surface area contributed by atoms with Gasteiger partial charge in [-0.25, -0.2) is 4.98 Å². The van der Waals surface area contributed by atoms with Crippen LogP contribution in [0, 0.1) is 6.92 Å². The van der Waals surface area contributed by atoms with Crippen molar-refractivity contribution in [2.24, 2.45) is 0 Å². The van der Waals surface area contributed by atoms with E-state index in [0.717, 1.165) is 11.0 Å². The van der Waals surface area contributed by atoms with E-state index in [9.17, 15) is 0 Å². The SMILES string of the molecule is Cc1nc([C@@H](C)Nc2nc(C3CC3)ns2)no1. The second-order valence-corrected chi connectivity index (χ2v) is 5.02.